The van der Waals surface area contributed by atoms with Crippen LogP contribution in [0.3, 0.4) is 0 Å². The van der Waals surface area contributed by atoms with Crippen molar-refractivity contribution in [3.63, 3.8) is 0 Å². The van der Waals surface area contributed by atoms with Gasteiger partial charge in [0.15, 0.2) is 5.82 Å². The topological polar surface area (TPSA) is 46.9 Å². The summed E-state index contributed by atoms with van der Waals surface area (Å²) in [5.74, 6) is -1.61. The average Bonchev–Trinajstić information content (AvgIpc) is 2.54. The Morgan fingerprint density at radius 3 is 2.83 bits per heavy atom. The Morgan fingerprint density at radius 1 is 1.30 bits per heavy atom. The number of halogens is 3. The summed E-state index contributed by atoms with van der Waals surface area (Å²) in [5, 5.41) is 7.05. The van der Waals surface area contributed by atoms with Crippen molar-refractivity contribution < 1.29 is 8.78 Å². The Kier molecular flexibility index (Phi) is 4.43. The van der Waals surface area contributed by atoms with Gasteiger partial charge in [-0.25, -0.2) is 8.78 Å². The third-order valence-corrected chi connectivity index (χ3v) is 4.05. The van der Waals surface area contributed by atoms with Crippen LogP contribution in [0.15, 0.2) is 41.3 Å². The largest absolute Gasteiger partial charge is 0.379 e. The zero-order chi connectivity index (χ0) is 16.4. The second-order valence-electron chi connectivity index (χ2n) is 5.31. The van der Waals surface area contributed by atoms with E-state index in [0.717, 1.165) is 36.1 Å². The Hall–Kier alpha value is -2.21. The predicted molar refractivity (Wildman–Crippen MR) is 85.2 cm³/mol. The van der Waals surface area contributed by atoms with Crippen LogP contribution in [0.2, 0.25) is 5.02 Å². The molecule has 1 aliphatic rings. The Labute approximate surface area is 136 Å². The van der Waals surface area contributed by atoms with Crippen LogP contribution in [0.4, 0.5) is 14.5 Å². The first kappa shape index (κ1) is 15.7. The van der Waals surface area contributed by atoms with E-state index in [-0.39, 0.29) is 16.8 Å². The summed E-state index contributed by atoms with van der Waals surface area (Å²) in [6.07, 6.45) is 8.28. The maximum absolute atomic E-state index is 13.8. The summed E-state index contributed by atoms with van der Waals surface area (Å²) >= 11 is 6.10. The third-order valence-electron chi connectivity index (χ3n) is 3.69. The van der Waals surface area contributed by atoms with Gasteiger partial charge in [-0.15, -0.1) is 0 Å². The quantitative estimate of drug-likeness (QED) is 0.869. The summed E-state index contributed by atoms with van der Waals surface area (Å²) in [6.45, 7) is 0. The molecular weight excluding hydrogens is 324 g/mol. The summed E-state index contributed by atoms with van der Waals surface area (Å²) < 4.78 is 27.6. The first-order chi connectivity index (χ1) is 11.1. The monoisotopic (exact) mass is 337 g/mol. The fourth-order valence-electron chi connectivity index (χ4n) is 2.50. The van der Waals surface area contributed by atoms with Crippen LogP contribution < -0.4 is 10.9 Å². The highest BCUT2D eigenvalue weighted by atomic mass is 35.5. The van der Waals surface area contributed by atoms with Crippen molar-refractivity contribution in [3.8, 4) is 5.69 Å². The van der Waals surface area contributed by atoms with Crippen LogP contribution in [0.5, 0.6) is 0 Å². The SMILES string of the molecule is O=c1c(Cl)c(NC2CC=CCC2)cnn1-c1ccc(F)cc1F. The number of hydrogen-bond donors (Lipinski definition) is 1. The van der Waals surface area contributed by atoms with E-state index in [1.165, 1.54) is 6.20 Å². The van der Waals surface area contributed by atoms with Crippen molar-refractivity contribution in [2.24, 2.45) is 0 Å². The van der Waals surface area contributed by atoms with E-state index >= 15 is 0 Å². The van der Waals surface area contributed by atoms with Crippen molar-refractivity contribution in [1.29, 1.82) is 0 Å². The minimum Gasteiger partial charge on any atom is -0.379 e. The lowest BCUT2D eigenvalue weighted by Gasteiger charge is -2.21. The van der Waals surface area contributed by atoms with E-state index in [0.29, 0.717) is 11.8 Å². The lowest BCUT2D eigenvalue weighted by atomic mass is 10.0. The van der Waals surface area contributed by atoms with Crippen molar-refractivity contribution in [3.05, 3.63) is 63.6 Å². The van der Waals surface area contributed by atoms with Crippen LogP contribution in [0.25, 0.3) is 5.69 Å². The highest BCUT2D eigenvalue weighted by molar-refractivity contribution is 6.32. The molecule has 0 amide bonds. The molecule has 0 saturated heterocycles. The summed E-state index contributed by atoms with van der Waals surface area (Å²) in [7, 11) is 0. The van der Waals surface area contributed by atoms with E-state index in [1.54, 1.807) is 0 Å². The van der Waals surface area contributed by atoms with Crippen molar-refractivity contribution >= 4 is 17.3 Å². The first-order valence-corrected chi connectivity index (χ1v) is 7.59. The number of anilines is 1. The molecule has 0 bridgehead atoms. The minimum absolute atomic E-state index is 0.0710. The van der Waals surface area contributed by atoms with E-state index in [2.05, 4.69) is 22.6 Å². The van der Waals surface area contributed by atoms with Crippen molar-refractivity contribution in [2.75, 3.05) is 5.32 Å². The molecule has 0 spiro atoms. The Morgan fingerprint density at radius 2 is 2.13 bits per heavy atom. The van der Waals surface area contributed by atoms with Crippen LogP contribution in [-0.2, 0) is 0 Å². The molecule has 7 heteroatoms. The van der Waals surface area contributed by atoms with Gasteiger partial charge in [0.1, 0.15) is 16.5 Å². The normalized spacial score (nSPS) is 17.3. The molecule has 23 heavy (non-hydrogen) atoms. The molecule has 1 heterocycles. The van der Waals surface area contributed by atoms with Gasteiger partial charge in [-0.1, -0.05) is 23.8 Å². The van der Waals surface area contributed by atoms with Gasteiger partial charge in [-0.3, -0.25) is 4.79 Å². The van der Waals surface area contributed by atoms with Crippen LogP contribution >= 0.6 is 11.6 Å². The third kappa shape index (κ3) is 3.27. The number of nitrogens with one attached hydrogen (secondary N) is 1. The van der Waals surface area contributed by atoms with E-state index < -0.39 is 17.2 Å². The highest BCUT2D eigenvalue weighted by Crippen LogP contribution is 2.22. The first-order valence-electron chi connectivity index (χ1n) is 7.21. The van der Waals surface area contributed by atoms with Gasteiger partial charge in [-0.05, 0) is 31.4 Å². The van der Waals surface area contributed by atoms with Gasteiger partial charge >= 0.3 is 0 Å². The molecule has 4 nitrogen and oxygen atoms in total. The maximum Gasteiger partial charge on any atom is 0.292 e. The molecular formula is C16H14ClF2N3O. The highest BCUT2D eigenvalue weighted by Gasteiger charge is 2.16. The second-order valence-corrected chi connectivity index (χ2v) is 5.69. The van der Waals surface area contributed by atoms with Gasteiger partial charge in [0.05, 0.1) is 11.9 Å². The van der Waals surface area contributed by atoms with Gasteiger partial charge in [0.25, 0.3) is 5.56 Å². The Balaban J connectivity index is 1.94. The molecule has 120 valence electrons. The molecule has 0 fully saturated rings. The van der Waals surface area contributed by atoms with E-state index in [4.69, 9.17) is 11.6 Å². The maximum atomic E-state index is 13.8. The molecule has 1 aliphatic carbocycles. The lowest BCUT2D eigenvalue weighted by Crippen LogP contribution is -2.26. The molecule has 0 radical (unpaired) electrons. The fraction of sp³-hybridized carbons (Fsp3) is 0.250. The van der Waals surface area contributed by atoms with E-state index in [9.17, 15) is 13.6 Å². The van der Waals surface area contributed by atoms with Crippen molar-refractivity contribution in [2.45, 2.75) is 25.3 Å². The molecule has 0 saturated carbocycles. The number of hydrogen-bond acceptors (Lipinski definition) is 3. The zero-order valence-electron chi connectivity index (χ0n) is 12.1. The van der Waals surface area contributed by atoms with Crippen molar-refractivity contribution in [1.82, 2.24) is 9.78 Å². The number of benzene rings is 1. The lowest BCUT2D eigenvalue weighted by molar-refractivity contribution is 0.570. The molecule has 1 aromatic heterocycles. The average molecular weight is 338 g/mol. The number of aromatic nitrogens is 2. The number of nitrogens with zero attached hydrogens (tertiary/aromatic N) is 2. The summed E-state index contributed by atoms with van der Waals surface area (Å²) in [4.78, 5) is 12.3. The molecule has 2 aromatic rings. The summed E-state index contributed by atoms with van der Waals surface area (Å²) in [6, 6.07) is 3.07. The van der Waals surface area contributed by atoms with Gasteiger partial charge in [0, 0.05) is 12.1 Å². The molecule has 3 rings (SSSR count). The predicted octanol–water partition coefficient (Wildman–Crippen LogP) is 3.68. The Bertz CT molecular complexity index is 819. The standard InChI is InChI=1S/C16H14ClF2N3O/c17-15-13(21-11-4-2-1-3-5-11)9-20-22(16(15)23)14-7-6-10(18)8-12(14)19/h1-2,6-9,11,21H,3-5H2. The van der Waals surface area contributed by atoms with Crippen LogP contribution in [0, 0.1) is 11.6 Å². The number of allylic oxidation sites excluding steroid dienone is 1. The molecule has 1 N–H and O–H groups in total. The second kappa shape index (κ2) is 6.50. The zero-order valence-corrected chi connectivity index (χ0v) is 12.9. The van der Waals surface area contributed by atoms with Gasteiger partial charge < -0.3 is 5.32 Å². The van der Waals surface area contributed by atoms with Gasteiger partial charge in [-0.2, -0.15) is 9.78 Å². The minimum atomic E-state index is -0.881. The molecule has 1 atom stereocenters. The van der Waals surface area contributed by atoms with Gasteiger partial charge in [0.2, 0.25) is 0 Å². The number of rotatable bonds is 3. The van der Waals surface area contributed by atoms with E-state index in [1.807, 2.05) is 0 Å². The molecule has 1 aromatic carbocycles. The molecule has 1 unspecified atom stereocenters. The molecule has 0 aliphatic heterocycles. The summed E-state index contributed by atoms with van der Waals surface area (Å²) in [5.41, 5.74) is -0.394. The van der Waals surface area contributed by atoms with Crippen LogP contribution in [-0.4, -0.2) is 15.8 Å². The fourth-order valence-corrected chi connectivity index (χ4v) is 2.69. The van der Waals surface area contributed by atoms with Crippen LogP contribution in [0.1, 0.15) is 19.3 Å². The smallest absolute Gasteiger partial charge is 0.292 e.